The number of morpholine rings is 1. The Morgan fingerprint density at radius 2 is 1.68 bits per heavy atom. The van der Waals surface area contributed by atoms with E-state index in [1.54, 1.807) is 71.8 Å². The standard InChI is InChI=1S/C25H26N4O5/c30-23(17-26-21-4-1-3-19(15-21)25(32)29-10-13-33-14-11-29)28-20-8-6-18(7-9-20)24(31)27-16-22-5-2-12-34-22/h1-9,12,15,26H,10-11,13-14,16-17H2,(H,27,31)(H,28,30). The number of carbonyl (C=O) groups is 3. The molecule has 2 aromatic carbocycles. The van der Waals surface area contributed by atoms with Crippen molar-refractivity contribution < 1.29 is 23.5 Å². The highest BCUT2D eigenvalue weighted by atomic mass is 16.5. The number of hydrogen-bond acceptors (Lipinski definition) is 6. The van der Waals surface area contributed by atoms with Gasteiger partial charge >= 0.3 is 0 Å². The lowest BCUT2D eigenvalue weighted by molar-refractivity contribution is -0.114. The molecule has 4 rings (SSSR count). The number of nitrogens with zero attached hydrogens (tertiary/aromatic N) is 1. The predicted octanol–water partition coefficient (Wildman–Crippen LogP) is 2.73. The van der Waals surface area contributed by atoms with Crippen molar-refractivity contribution in [2.45, 2.75) is 6.54 Å². The van der Waals surface area contributed by atoms with Gasteiger partial charge in [0.25, 0.3) is 11.8 Å². The van der Waals surface area contributed by atoms with Crippen LogP contribution in [0.2, 0.25) is 0 Å². The van der Waals surface area contributed by atoms with Gasteiger partial charge in [-0.1, -0.05) is 6.07 Å². The van der Waals surface area contributed by atoms with Crippen LogP contribution >= 0.6 is 0 Å². The largest absolute Gasteiger partial charge is 0.467 e. The fraction of sp³-hybridized carbons (Fsp3) is 0.240. The number of hydrogen-bond donors (Lipinski definition) is 3. The van der Waals surface area contributed by atoms with E-state index in [0.717, 1.165) is 0 Å². The van der Waals surface area contributed by atoms with Crippen LogP contribution in [0, 0.1) is 0 Å². The van der Waals surface area contributed by atoms with Crippen molar-refractivity contribution in [1.29, 1.82) is 0 Å². The Morgan fingerprint density at radius 1 is 0.882 bits per heavy atom. The number of nitrogens with one attached hydrogen (secondary N) is 3. The first kappa shape index (κ1) is 23.1. The van der Waals surface area contributed by atoms with Crippen LogP contribution in [-0.4, -0.2) is 55.5 Å². The Hall–Kier alpha value is -4.11. The molecule has 176 valence electrons. The van der Waals surface area contributed by atoms with Gasteiger partial charge in [-0.2, -0.15) is 0 Å². The second-order valence-electron chi connectivity index (χ2n) is 7.73. The van der Waals surface area contributed by atoms with E-state index in [1.165, 1.54) is 0 Å². The zero-order valence-corrected chi connectivity index (χ0v) is 18.6. The third-order valence-corrected chi connectivity index (χ3v) is 5.30. The second-order valence-corrected chi connectivity index (χ2v) is 7.73. The molecule has 3 amide bonds. The Bertz CT molecular complexity index is 1120. The number of rotatable bonds is 8. The first-order valence-electron chi connectivity index (χ1n) is 11.0. The lowest BCUT2D eigenvalue weighted by Gasteiger charge is -2.27. The highest BCUT2D eigenvalue weighted by Gasteiger charge is 2.18. The fourth-order valence-corrected chi connectivity index (χ4v) is 3.49. The normalized spacial score (nSPS) is 13.2. The molecule has 0 bridgehead atoms. The van der Waals surface area contributed by atoms with Crippen LogP contribution in [0.15, 0.2) is 71.3 Å². The highest BCUT2D eigenvalue weighted by molar-refractivity contribution is 5.97. The number of carbonyl (C=O) groups excluding carboxylic acids is 3. The number of amides is 3. The van der Waals surface area contributed by atoms with Gasteiger partial charge in [0.05, 0.1) is 32.6 Å². The Balaban J connectivity index is 1.25. The molecule has 3 N–H and O–H groups in total. The molecule has 3 aromatic rings. The van der Waals surface area contributed by atoms with Crippen LogP contribution in [-0.2, 0) is 16.1 Å². The molecule has 34 heavy (non-hydrogen) atoms. The van der Waals surface area contributed by atoms with Gasteiger partial charge < -0.3 is 30.0 Å². The maximum atomic E-state index is 12.6. The summed E-state index contributed by atoms with van der Waals surface area (Å²) in [5.74, 6) is 0.132. The van der Waals surface area contributed by atoms with E-state index < -0.39 is 0 Å². The molecular weight excluding hydrogens is 436 g/mol. The van der Waals surface area contributed by atoms with Gasteiger partial charge in [0.1, 0.15) is 5.76 Å². The third kappa shape index (κ3) is 6.23. The summed E-state index contributed by atoms with van der Waals surface area (Å²) < 4.78 is 10.5. The molecule has 0 unspecified atom stereocenters. The van der Waals surface area contributed by atoms with Gasteiger partial charge in [-0.25, -0.2) is 0 Å². The molecule has 9 nitrogen and oxygen atoms in total. The Morgan fingerprint density at radius 3 is 2.41 bits per heavy atom. The van der Waals surface area contributed by atoms with Crippen LogP contribution < -0.4 is 16.0 Å². The summed E-state index contributed by atoms with van der Waals surface area (Å²) in [7, 11) is 0. The number of anilines is 2. The lowest BCUT2D eigenvalue weighted by Crippen LogP contribution is -2.40. The summed E-state index contributed by atoms with van der Waals surface area (Å²) in [5.41, 5.74) is 2.29. The van der Waals surface area contributed by atoms with Crippen molar-refractivity contribution >= 4 is 29.1 Å². The minimum Gasteiger partial charge on any atom is -0.467 e. The van der Waals surface area contributed by atoms with Crippen molar-refractivity contribution in [2.24, 2.45) is 0 Å². The second kappa shape index (κ2) is 11.2. The molecule has 9 heteroatoms. The third-order valence-electron chi connectivity index (χ3n) is 5.30. The minimum absolute atomic E-state index is 0.0284. The van der Waals surface area contributed by atoms with Crippen LogP contribution in [0.4, 0.5) is 11.4 Å². The zero-order valence-electron chi connectivity index (χ0n) is 18.6. The minimum atomic E-state index is -0.250. The predicted molar refractivity (Wildman–Crippen MR) is 127 cm³/mol. The van der Waals surface area contributed by atoms with E-state index in [1.807, 2.05) is 0 Å². The highest BCUT2D eigenvalue weighted by Crippen LogP contribution is 2.14. The molecule has 0 spiro atoms. The summed E-state index contributed by atoms with van der Waals surface area (Å²) in [6.45, 7) is 2.56. The van der Waals surface area contributed by atoms with Crippen molar-refractivity contribution in [3.05, 3.63) is 83.8 Å². The molecule has 1 aliphatic rings. The summed E-state index contributed by atoms with van der Waals surface area (Å²) in [4.78, 5) is 39.0. The average Bonchev–Trinajstić information content (AvgIpc) is 3.40. The van der Waals surface area contributed by atoms with E-state index in [-0.39, 0.29) is 24.3 Å². The van der Waals surface area contributed by atoms with Gasteiger partial charge in [0.2, 0.25) is 5.91 Å². The zero-order chi connectivity index (χ0) is 23.8. The molecule has 1 aliphatic heterocycles. The van der Waals surface area contributed by atoms with Crippen LogP contribution in [0.3, 0.4) is 0 Å². The van der Waals surface area contributed by atoms with Crippen molar-refractivity contribution in [1.82, 2.24) is 10.2 Å². The summed E-state index contributed by atoms with van der Waals surface area (Å²) in [6.07, 6.45) is 1.55. The van der Waals surface area contributed by atoms with E-state index in [9.17, 15) is 14.4 Å². The number of benzene rings is 2. The number of furan rings is 1. The van der Waals surface area contributed by atoms with Gasteiger partial charge in [-0.15, -0.1) is 0 Å². The Labute approximate surface area is 197 Å². The van der Waals surface area contributed by atoms with Gasteiger partial charge in [0, 0.05) is 35.6 Å². The molecule has 2 heterocycles. The monoisotopic (exact) mass is 462 g/mol. The Kier molecular flexibility index (Phi) is 7.56. The van der Waals surface area contributed by atoms with Gasteiger partial charge in [-0.05, 0) is 54.6 Å². The molecule has 0 radical (unpaired) electrons. The smallest absolute Gasteiger partial charge is 0.254 e. The first-order chi connectivity index (χ1) is 16.6. The molecule has 1 aromatic heterocycles. The molecule has 0 saturated carbocycles. The quantitative estimate of drug-likeness (QED) is 0.475. The molecule has 1 saturated heterocycles. The lowest BCUT2D eigenvalue weighted by atomic mass is 10.1. The van der Waals surface area contributed by atoms with Crippen molar-refractivity contribution in [2.75, 3.05) is 43.5 Å². The molecule has 1 fully saturated rings. The number of ether oxygens (including phenoxy) is 1. The molecule has 0 atom stereocenters. The summed E-state index contributed by atoms with van der Waals surface area (Å²) in [5, 5.41) is 8.60. The van der Waals surface area contributed by atoms with Crippen molar-refractivity contribution in [3.63, 3.8) is 0 Å². The van der Waals surface area contributed by atoms with E-state index >= 15 is 0 Å². The SMILES string of the molecule is O=C(CNc1cccc(C(=O)N2CCOCC2)c1)Nc1ccc(C(=O)NCc2ccco2)cc1. The van der Waals surface area contributed by atoms with Crippen LogP contribution in [0.5, 0.6) is 0 Å². The molecule has 0 aliphatic carbocycles. The maximum Gasteiger partial charge on any atom is 0.254 e. The summed E-state index contributed by atoms with van der Waals surface area (Å²) in [6, 6.07) is 17.2. The fourth-order valence-electron chi connectivity index (χ4n) is 3.49. The van der Waals surface area contributed by atoms with E-state index in [0.29, 0.717) is 61.1 Å². The maximum absolute atomic E-state index is 12.6. The molecular formula is C25H26N4O5. The topological polar surface area (TPSA) is 113 Å². The van der Waals surface area contributed by atoms with E-state index in [2.05, 4.69) is 16.0 Å². The summed E-state index contributed by atoms with van der Waals surface area (Å²) >= 11 is 0. The van der Waals surface area contributed by atoms with Crippen LogP contribution in [0.1, 0.15) is 26.5 Å². The van der Waals surface area contributed by atoms with Crippen LogP contribution in [0.25, 0.3) is 0 Å². The van der Waals surface area contributed by atoms with Gasteiger partial charge in [0.15, 0.2) is 0 Å². The first-order valence-corrected chi connectivity index (χ1v) is 11.0. The van der Waals surface area contributed by atoms with E-state index in [4.69, 9.17) is 9.15 Å². The van der Waals surface area contributed by atoms with Gasteiger partial charge in [-0.3, -0.25) is 14.4 Å². The van der Waals surface area contributed by atoms with Crippen molar-refractivity contribution in [3.8, 4) is 0 Å². The average molecular weight is 463 g/mol.